The van der Waals surface area contributed by atoms with Gasteiger partial charge >= 0.3 is 5.97 Å². The van der Waals surface area contributed by atoms with Crippen LogP contribution < -0.4 is 10.1 Å². The van der Waals surface area contributed by atoms with E-state index >= 15 is 0 Å². The highest BCUT2D eigenvalue weighted by atomic mass is 16.5. The van der Waals surface area contributed by atoms with Crippen LogP contribution in [0.4, 0.5) is 5.69 Å². The van der Waals surface area contributed by atoms with Gasteiger partial charge in [0.05, 0.1) is 45.1 Å². The number of nitrogens with one attached hydrogen (secondary N) is 1. The number of quaternary nitrogens is 1. The minimum Gasteiger partial charge on any atom is -0.497 e. The second kappa shape index (κ2) is 7.66. The molecule has 1 heterocycles. The molecule has 2 rings (SSSR count). The summed E-state index contributed by atoms with van der Waals surface area (Å²) in [4.78, 5) is 24.7. The summed E-state index contributed by atoms with van der Waals surface area (Å²) >= 11 is 0. The number of carbonyl (C=O) groups excluding carboxylic acids is 2. The third kappa shape index (κ3) is 3.87. The second-order valence-corrected chi connectivity index (χ2v) is 6.38. The molecule has 0 aliphatic carbocycles. The molecule has 1 fully saturated rings. The monoisotopic (exact) mass is 335 g/mol. The van der Waals surface area contributed by atoms with Gasteiger partial charge in [-0.15, -0.1) is 0 Å². The number of amides is 1. The van der Waals surface area contributed by atoms with Crippen molar-refractivity contribution in [2.24, 2.45) is 0 Å². The van der Waals surface area contributed by atoms with Gasteiger partial charge in [-0.2, -0.15) is 0 Å². The topological polar surface area (TPSA) is 64.6 Å². The maximum Gasteiger partial charge on any atom is 0.340 e. The van der Waals surface area contributed by atoms with E-state index in [1.54, 1.807) is 12.1 Å². The van der Waals surface area contributed by atoms with E-state index in [2.05, 4.69) is 12.2 Å². The Kier molecular flexibility index (Phi) is 5.83. The summed E-state index contributed by atoms with van der Waals surface area (Å²) in [5.74, 6) is -0.00691. The summed E-state index contributed by atoms with van der Waals surface area (Å²) < 4.78 is 10.9. The molecule has 1 aromatic rings. The lowest BCUT2D eigenvalue weighted by Crippen LogP contribution is -2.50. The van der Waals surface area contributed by atoms with Gasteiger partial charge in [0.25, 0.3) is 5.91 Å². The van der Waals surface area contributed by atoms with Crippen LogP contribution >= 0.6 is 0 Å². The van der Waals surface area contributed by atoms with Gasteiger partial charge in [-0.25, -0.2) is 4.79 Å². The van der Waals surface area contributed by atoms with E-state index in [1.807, 2.05) is 6.92 Å². The zero-order valence-corrected chi connectivity index (χ0v) is 15.0. The average Bonchev–Trinajstić information content (AvgIpc) is 3.04. The van der Waals surface area contributed by atoms with Gasteiger partial charge in [-0.05, 0) is 31.5 Å². The molecule has 0 atom stereocenters. The minimum absolute atomic E-state index is 0.0721. The van der Waals surface area contributed by atoms with Crippen molar-refractivity contribution in [3.63, 3.8) is 0 Å². The van der Waals surface area contributed by atoms with Crippen molar-refractivity contribution < 1.29 is 23.5 Å². The summed E-state index contributed by atoms with van der Waals surface area (Å²) in [7, 11) is 2.86. The molecule has 0 unspecified atom stereocenters. The van der Waals surface area contributed by atoms with Gasteiger partial charge in [0.15, 0.2) is 6.54 Å². The summed E-state index contributed by atoms with van der Waals surface area (Å²) in [6.07, 6.45) is 2.33. The lowest BCUT2D eigenvalue weighted by Gasteiger charge is -2.32. The van der Waals surface area contributed by atoms with E-state index < -0.39 is 5.97 Å². The Bertz CT molecular complexity index is 622. The van der Waals surface area contributed by atoms with E-state index in [4.69, 9.17) is 9.47 Å². The van der Waals surface area contributed by atoms with E-state index in [-0.39, 0.29) is 5.91 Å². The number of carbonyl (C=O) groups is 2. The number of likely N-dealkylation sites (N-methyl/N-ethyl adjacent to an activating group) is 1. The zero-order chi connectivity index (χ0) is 17.7. The number of esters is 1. The maximum atomic E-state index is 12.6. The van der Waals surface area contributed by atoms with Crippen LogP contribution in [0.2, 0.25) is 0 Å². The van der Waals surface area contributed by atoms with Crippen molar-refractivity contribution in [2.75, 3.05) is 45.7 Å². The Balaban J connectivity index is 2.24. The minimum atomic E-state index is -0.493. The molecule has 1 N–H and O–H groups in total. The van der Waals surface area contributed by atoms with Crippen LogP contribution in [0.15, 0.2) is 12.1 Å². The molecule has 1 aliphatic rings. The highest BCUT2D eigenvalue weighted by Gasteiger charge is 2.33. The van der Waals surface area contributed by atoms with Gasteiger partial charge in [0.1, 0.15) is 5.75 Å². The summed E-state index contributed by atoms with van der Waals surface area (Å²) in [5.41, 5.74) is 1.58. The molecule has 0 radical (unpaired) electrons. The molecule has 24 heavy (non-hydrogen) atoms. The Morgan fingerprint density at radius 1 is 1.21 bits per heavy atom. The van der Waals surface area contributed by atoms with Gasteiger partial charge in [0.2, 0.25) is 0 Å². The summed E-state index contributed by atoms with van der Waals surface area (Å²) in [6, 6.07) is 3.39. The van der Waals surface area contributed by atoms with E-state index in [1.165, 1.54) is 14.2 Å². The third-order valence-electron chi connectivity index (χ3n) is 4.88. The molecule has 0 bridgehead atoms. The fourth-order valence-electron chi connectivity index (χ4n) is 3.38. The first-order chi connectivity index (χ1) is 11.4. The summed E-state index contributed by atoms with van der Waals surface area (Å²) in [6.45, 7) is 7.41. The molecule has 0 aromatic heterocycles. The number of aryl methyl sites for hydroxylation is 1. The Morgan fingerprint density at radius 3 is 2.42 bits per heavy atom. The highest BCUT2D eigenvalue weighted by Crippen LogP contribution is 2.28. The smallest absolute Gasteiger partial charge is 0.340 e. The van der Waals surface area contributed by atoms with Crippen LogP contribution in [-0.4, -0.2) is 56.8 Å². The van der Waals surface area contributed by atoms with Gasteiger partial charge in [0, 0.05) is 12.8 Å². The van der Waals surface area contributed by atoms with E-state index in [0.717, 1.165) is 42.5 Å². The molecule has 1 amide bonds. The van der Waals surface area contributed by atoms with E-state index in [9.17, 15) is 9.59 Å². The third-order valence-corrected chi connectivity index (χ3v) is 4.88. The molecule has 1 saturated heterocycles. The largest absolute Gasteiger partial charge is 0.497 e. The van der Waals surface area contributed by atoms with Crippen molar-refractivity contribution in [2.45, 2.75) is 26.7 Å². The number of likely N-dealkylation sites (tertiary alicyclic amines) is 1. The molecule has 6 heteroatoms. The number of hydrogen-bond donors (Lipinski definition) is 1. The molecular formula is C18H27N2O4+. The number of nitrogens with zero attached hydrogens (tertiary/aromatic N) is 1. The standard InChI is InChI=1S/C18H26N2O4/c1-5-20(8-6-7-9-20)12-16(21)19-17-13(2)10-14(23-3)11-15(17)18(22)24-4/h10-11H,5-9,12H2,1-4H3/p+1. The number of anilines is 1. The van der Waals surface area contributed by atoms with Crippen molar-refractivity contribution in [3.05, 3.63) is 23.3 Å². The van der Waals surface area contributed by atoms with Crippen LogP contribution in [0.3, 0.4) is 0 Å². The first-order valence-corrected chi connectivity index (χ1v) is 8.36. The van der Waals surface area contributed by atoms with Crippen molar-refractivity contribution >= 4 is 17.6 Å². The van der Waals surface area contributed by atoms with Crippen LogP contribution in [0, 0.1) is 6.92 Å². The Morgan fingerprint density at radius 2 is 1.88 bits per heavy atom. The number of rotatable bonds is 6. The van der Waals surface area contributed by atoms with E-state index in [0.29, 0.717) is 23.5 Å². The van der Waals surface area contributed by atoms with Gasteiger partial charge < -0.3 is 19.3 Å². The maximum absolute atomic E-state index is 12.6. The molecule has 132 valence electrons. The van der Waals surface area contributed by atoms with Crippen LogP contribution in [-0.2, 0) is 9.53 Å². The Labute approximate surface area is 143 Å². The SMILES string of the molecule is CC[N+]1(CC(=O)Nc2c(C)cc(OC)cc2C(=O)OC)CCCC1. The number of hydrogen-bond acceptors (Lipinski definition) is 4. The molecular weight excluding hydrogens is 308 g/mol. The van der Waals surface area contributed by atoms with Crippen LogP contribution in [0.1, 0.15) is 35.7 Å². The predicted molar refractivity (Wildman–Crippen MR) is 92.3 cm³/mol. The molecule has 6 nitrogen and oxygen atoms in total. The van der Waals surface area contributed by atoms with Crippen molar-refractivity contribution in [1.29, 1.82) is 0 Å². The van der Waals surface area contributed by atoms with Gasteiger partial charge in [-0.1, -0.05) is 0 Å². The van der Waals surface area contributed by atoms with Crippen molar-refractivity contribution in [3.8, 4) is 5.75 Å². The molecule has 1 aromatic carbocycles. The molecule has 0 saturated carbocycles. The van der Waals surface area contributed by atoms with Crippen LogP contribution in [0.5, 0.6) is 5.75 Å². The quantitative estimate of drug-likeness (QED) is 0.640. The normalized spacial score (nSPS) is 15.8. The first kappa shape index (κ1) is 18.3. The Hall–Kier alpha value is -2.08. The first-order valence-electron chi connectivity index (χ1n) is 8.36. The second-order valence-electron chi connectivity index (χ2n) is 6.38. The lowest BCUT2D eigenvalue weighted by molar-refractivity contribution is -0.907. The van der Waals surface area contributed by atoms with Crippen LogP contribution in [0.25, 0.3) is 0 Å². The molecule has 1 aliphatic heterocycles. The highest BCUT2D eigenvalue weighted by molar-refractivity contribution is 6.02. The number of methoxy groups -OCH3 is 2. The fourth-order valence-corrected chi connectivity index (χ4v) is 3.38. The lowest BCUT2D eigenvalue weighted by atomic mass is 10.1. The van der Waals surface area contributed by atoms with Gasteiger partial charge in [-0.3, -0.25) is 4.79 Å². The molecule has 0 spiro atoms. The fraction of sp³-hybridized carbons (Fsp3) is 0.556. The van der Waals surface area contributed by atoms with Crippen molar-refractivity contribution in [1.82, 2.24) is 0 Å². The predicted octanol–water partition coefficient (Wildman–Crippen LogP) is 2.36. The summed E-state index contributed by atoms with van der Waals surface area (Å²) in [5, 5.41) is 2.92. The zero-order valence-electron chi connectivity index (χ0n) is 15.0. The number of benzene rings is 1. The average molecular weight is 335 g/mol. The number of ether oxygens (including phenoxy) is 2.